The lowest BCUT2D eigenvalue weighted by Crippen LogP contribution is -2.60. The molecule has 1 saturated carbocycles. The molecule has 1 amide bonds. The normalized spacial score (nSPS) is 17.0. The van der Waals surface area contributed by atoms with Crippen LogP contribution in [0.2, 0.25) is 0 Å². The molecule has 0 saturated heterocycles. The number of hydrogen-bond acceptors (Lipinski definition) is 3. The van der Waals surface area contributed by atoms with Crippen molar-refractivity contribution in [2.75, 3.05) is 19.0 Å². The van der Waals surface area contributed by atoms with E-state index in [0.29, 0.717) is 6.42 Å². The van der Waals surface area contributed by atoms with Gasteiger partial charge in [0.15, 0.2) is 0 Å². The summed E-state index contributed by atoms with van der Waals surface area (Å²) in [7, 11) is 3.75. The molecule has 1 aliphatic rings. The van der Waals surface area contributed by atoms with Crippen LogP contribution in [-0.4, -0.2) is 36.6 Å². The highest BCUT2D eigenvalue weighted by molar-refractivity contribution is 5.85. The van der Waals surface area contributed by atoms with E-state index in [2.05, 4.69) is 5.32 Å². The van der Waals surface area contributed by atoms with Crippen molar-refractivity contribution in [3.8, 4) is 0 Å². The van der Waals surface area contributed by atoms with Crippen LogP contribution in [0, 0.1) is 0 Å². The molecule has 0 heterocycles. The molecule has 0 unspecified atom stereocenters. The largest absolute Gasteiger partial charge is 0.383 e. The molecule has 1 aliphatic carbocycles. The van der Waals surface area contributed by atoms with Gasteiger partial charge in [-0.25, -0.2) is 0 Å². The van der Waals surface area contributed by atoms with Crippen molar-refractivity contribution in [2.45, 2.75) is 37.3 Å². The van der Waals surface area contributed by atoms with Gasteiger partial charge < -0.3 is 15.3 Å². The Bertz CT molecular complexity index is 528. The minimum absolute atomic E-state index is 0.00613. The molecular formula is C15H20F2N2O2. The van der Waals surface area contributed by atoms with Gasteiger partial charge in [-0.3, -0.25) is 4.79 Å². The second kappa shape index (κ2) is 5.60. The number of carbonyl (C=O) groups is 1. The van der Waals surface area contributed by atoms with Crippen LogP contribution in [0.3, 0.4) is 0 Å². The molecule has 6 heteroatoms. The molecule has 1 aromatic rings. The molecule has 0 atom stereocenters. The summed E-state index contributed by atoms with van der Waals surface area (Å²) in [6.07, 6.45) is 0.442. The zero-order valence-electron chi connectivity index (χ0n) is 12.2. The zero-order valence-corrected chi connectivity index (χ0v) is 12.2. The molecule has 0 bridgehead atoms. The number of rotatable bonds is 5. The third-order valence-corrected chi connectivity index (χ3v) is 3.93. The quantitative estimate of drug-likeness (QED) is 0.873. The summed E-state index contributed by atoms with van der Waals surface area (Å²) in [4.78, 5) is 13.6. The maximum Gasteiger partial charge on any atom is 0.352 e. The molecule has 2 rings (SSSR count). The van der Waals surface area contributed by atoms with Crippen LogP contribution >= 0.6 is 0 Å². The highest BCUT2D eigenvalue weighted by Gasteiger charge is 2.61. The van der Waals surface area contributed by atoms with E-state index in [1.165, 1.54) is 0 Å². The number of amides is 1. The molecule has 4 nitrogen and oxygen atoms in total. The highest BCUT2D eigenvalue weighted by atomic mass is 19.3. The minimum Gasteiger partial charge on any atom is -0.383 e. The minimum atomic E-state index is -3.75. The lowest BCUT2D eigenvalue weighted by molar-refractivity contribution is -0.216. The summed E-state index contributed by atoms with van der Waals surface area (Å²) in [5.74, 6) is -5.16. The summed E-state index contributed by atoms with van der Waals surface area (Å²) in [5.41, 5.74) is -0.528. The summed E-state index contributed by atoms with van der Waals surface area (Å²) in [5, 5.41) is 11.9. The number of aliphatic hydroxyl groups is 1. The van der Waals surface area contributed by atoms with E-state index in [1.54, 1.807) is 12.1 Å². The van der Waals surface area contributed by atoms with Crippen molar-refractivity contribution in [1.29, 1.82) is 0 Å². The molecule has 0 aromatic heterocycles. The second-order valence-electron chi connectivity index (χ2n) is 5.71. The Morgan fingerprint density at radius 3 is 2.62 bits per heavy atom. The Morgan fingerprint density at radius 2 is 2.10 bits per heavy atom. The number of halogens is 2. The number of hydrogen-bond donors (Lipinski definition) is 2. The predicted molar refractivity (Wildman–Crippen MR) is 76.4 cm³/mol. The van der Waals surface area contributed by atoms with Crippen LogP contribution in [0.4, 0.5) is 14.5 Å². The van der Waals surface area contributed by atoms with Gasteiger partial charge in [-0.1, -0.05) is 12.1 Å². The van der Waals surface area contributed by atoms with Crippen LogP contribution in [0.15, 0.2) is 24.3 Å². The van der Waals surface area contributed by atoms with Crippen LogP contribution in [0.5, 0.6) is 0 Å². The Labute approximate surface area is 122 Å². The van der Waals surface area contributed by atoms with Crippen molar-refractivity contribution in [1.82, 2.24) is 5.32 Å². The van der Waals surface area contributed by atoms with Gasteiger partial charge in [0.05, 0.1) is 0 Å². The SMILES string of the molecule is CN(C)c1cccc(CNC(=O)C(F)(F)C2(O)CCC2)c1. The van der Waals surface area contributed by atoms with Crippen molar-refractivity contribution in [3.63, 3.8) is 0 Å². The standard InChI is InChI=1S/C15H20F2N2O2/c1-19(2)12-6-3-5-11(9-12)10-18-13(20)15(16,17)14(21)7-4-8-14/h3,5-6,9,21H,4,7-8,10H2,1-2H3,(H,18,20). The van der Waals surface area contributed by atoms with Crippen molar-refractivity contribution >= 4 is 11.6 Å². The van der Waals surface area contributed by atoms with Gasteiger partial charge in [0, 0.05) is 26.3 Å². The van der Waals surface area contributed by atoms with E-state index < -0.39 is 17.4 Å². The highest BCUT2D eigenvalue weighted by Crippen LogP contribution is 2.44. The van der Waals surface area contributed by atoms with Crippen LogP contribution in [0.25, 0.3) is 0 Å². The van der Waals surface area contributed by atoms with E-state index in [9.17, 15) is 18.7 Å². The third-order valence-electron chi connectivity index (χ3n) is 3.93. The topological polar surface area (TPSA) is 52.6 Å². The van der Waals surface area contributed by atoms with E-state index in [-0.39, 0.29) is 19.4 Å². The summed E-state index contributed by atoms with van der Waals surface area (Å²) in [6, 6.07) is 7.26. The first-order valence-electron chi connectivity index (χ1n) is 6.91. The lowest BCUT2D eigenvalue weighted by Gasteiger charge is -2.41. The van der Waals surface area contributed by atoms with Crippen molar-refractivity contribution < 1.29 is 18.7 Å². The Hall–Kier alpha value is -1.69. The number of carbonyl (C=O) groups excluding carboxylic acids is 1. The number of anilines is 1. The molecule has 1 fully saturated rings. The van der Waals surface area contributed by atoms with Gasteiger partial charge in [0.25, 0.3) is 5.91 Å². The number of alkyl halides is 2. The summed E-state index contributed by atoms with van der Waals surface area (Å²) < 4.78 is 27.8. The van der Waals surface area contributed by atoms with E-state index in [1.807, 2.05) is 31.1 Å². The molecule has 0 spiro atoms. The fourth-order valence-corrected chi connectivity index (χ4v) is 2.27. The summed E-state index contributed by atoms with van der Waals surface area (Å²) in [6.45, 7) is 0.00613. The smallest absolute Gasteiger partial charge is 0.352 e. The Balaban J connectivity index is 1.99. The molecular weight excluding hydrogens is 278 g/mol. The van der Waals surface area contributed by atoms with Gasteiger partial charge in [0.1, 0.15) is 5.60 Å². The third kappa shape index (κ3) is 3.00. The predicted octanol–water partition coefficient (Wildman–Crippen LogP) is 1.92. The maximum atomic E-state index is 13.9. The first-order chi connectivity index (χ1) is 9.76. The Morgan fingerprint density at radius 1 is 1.43 bits per heavy atom. The van der Waals surface area contributed by atoms with E-state index >= 15 is 0 Å². The second-order valence-corrected chi connectivity index (χ2v) is 5.71. The van der Waals surface area contributed by atoms with Gasteiger partial charge in [-0.15, -0.1) is 0 Å². The van der Waals surface area contributed by atoms with Gasteiger partial charge in [-0.2, -0.15) is 8.78 Å². The average Bonchev–Trinajstić information content (AvgIpc) is 2.42. The lowest BCUT2D eigenvalue weighted by atomic mass is 9.75. The van der Waals surface area contributed by atoms with Gasteiger partial charge >= 0.3 is 5.92 Å². The van der Waals surface area contributed by atoms with Crippen molar-refractivity contribution in [3.05, 3.63) is 29.8 Å². The number of nitrogens with zero attached hydrogens (tertiary/aromatic N) is 1. The molecule has 0 aliphatic heterocycles. The van der Waals surface area contributed by atoms with E-state index in [0.717, 1.165) is 11.3 Å². The number of nitrogens with one attached hydrogen (secondary N) is 1. The van der Waals surface area contributed by atoms with Crippen LogP contribution in [0.1, 0.15) is 24.8 Å². The summed E-state index contributed by atoms with van der Waals surface area (Å²) >= 11 is 0. The fourth-order valence-electron chi connectivity index (χ4n) is 2.27. The fraction of sp³-hybridized carbons (Fsp3) is 0.533. The van der Waals surface area contributed by atoms with Crippen LogP contribution < -0.4 is 10.2 Å². The maximum absolute atomic E-state index is 13.9. The zero-order chi connectivity index (χ0) is 15.7. The van der Waals surface area contributed by atoms with Crippen LogP contribution in [-0.2, 0) is 11.3 Å². The van der Waals surface area contributed by atoms with Gasteiger partial charge in [0.2, 0.25) is 0 Å². The average molecular weight is 298 g/mol. The molecule has 0 radical (unpaired) electrons. The molecule has 2 N–H and O–H groups in total. The monoisotopic (exact) mass is 298 g/mol. The Kier molecular flexibility index (Phi) is 4.18. The van der Waals surface area contributed by atoms with E-state index in [4.69, 9.17) is 0 Å². The first-order valence-corrected chi connectivity index (χ1v) is 6.91. The molecule has 116 valence electrons. The van der Waals surface area contributed by atoms with Gasteiger partial charge in [-0.05, 0) is 37.0 Å². The molecule has 1 aromatic carbocycles. The number of benzene rings is 1. The first kappa shape index (κ1) is 15.7. The molecule has 21 heavy (non-hydrogen) atoms. The van der Waals surface area contributed by atoms with Crippen molar-refractivity contribution in [2.24, 2.45) is 0 Å².